The number of hydrogen-bond acceptors (Lipinski definition) is 3. The molecular weight excluding hydrogens is 164 g/mol. The Balaban J connectivity index is 2.13. The maximum Gasteiger partial charge on any atom is 0.210 e. The Morgan fingerprint density at radius 1 is 1.77 bits per heavy atom. The van der Waals surface area contributed by atoms with Gasteiger partial charge in [-0.1, -0.05) is 0 Å². The molecule has 4 heteroatoms. The van der Waals surface area contributed by atoms with Gasteiger partial charge in [-0.05, 0) is 20.0 Å². The van der Waals surface area contributed by atoms with E-state index in [4.69, 9.17) is 5.26 Å². The van der Waals surface area contributed by atoms with Crippen molar-refractivity contribution in [2.45, 2.75) is 12.3 Å². The zero-order valence-corrected chi connectivity index (χ0v) is 7.62. The molecule has 1 aliphatic heterocycles. The van der Waals surface area contributed by atoms with Crippen molar-refractivity contribution >= 4 is 0 Å². The fraction of sp³-hybridized carbons (Fsp3) is 0.556. The maximum atomic E-state index is 8.59. The Kier molecular flexibility index (Phi) is 2.03. The number of nitrogens with zero attached hydrogens (tertiary/aromatic N) is 3. The number of aromatic amines is 1. The van der Waals surface area contributed by atoms with E-state index < -0.39 is 0 Å². The van der Waals surface area contributed by atoms with Crippen molar-refractivity contribution in [2.24, 2.45) is 0 Å². The molecule has 1 N–H and O–H groups in total. The molecule has 1 aromatic rings. The molecule has 0 aromatic carbocycles. The van der Waals surface area contributed by atoms with Crippen molar-refractivity contribution < 1.29 is 0 Å². The number of rotatable bonds is 1. The van der Waals surface area contributed by atoms with Gasteiger partial charge < -0.3 is 9.88 Å². The van der Waals surface area contributed by atoms with Crippen LogP contribution in [-0.4, -0.2) is 35.0 Å². The third-order valence-corrected chi connectivity index (χ3v) is 2.53. The Hall–Kier alpha value is -1.34. The first-order chi connectivity index (χ1) is 6.29. The van der Waals surface area contributed by atoms with Gasteiger partial charge in [-0.25, -0.2) is 4.98 Å². The summed E-state index contributed by atoms with van der Waals surface area (Å²) in [5.74, 6) is 0.948. The highest BCUT2D eigenvalue weighted by atomic mass is 15.1. The second kappa shape index (κ2) is 3.19. The SMILES string of the molecule is CN1CCC(c2cnc(C#N)[nH]2)C1. The van der Waals surface area contributed by atoms with Crippen molar-refractivity contribution in [1.82, 2.24) is 14.9 Å². The number of aromatic nitrogens is 2. The standard InChI is InChI=1S/C9H12N4/c1-13-3-2-7(6-13)8-5-11-9(4-10)12-8/h5,7H,2-3,6H2,1H3,(H,11,12). The average Bonchev–Trinajstić information content (AvgIpc) is 2.71. The molecule has 0 aliphatic carbocycles. The lowest BCUT2D eigenvalue weighted by Crippen LogP contribution is -2.13. The van der Waals surface area contributed by atoms with Crippen LogP contribution in [0, 0.1) is 11.3 Å². The summed E-state index contributed by atoms with van der Waals surface area (Å²) in [6.07, 6.45) is 2.94. The van der Waals surface area contributed by atoms with Gasteiger partial charge in [0.25, 0.3) is 0 Å². The topological polar surface area (TPSA) is 55.7 Å². The third-order valence-electron chi connectivity index (χ3n) is 2.53. The summed E-state index contributed by atoms with van der Waals surface area (Å²) in [7, 11) is 2.11. The molecule has 0 radical (unpaired) electrons. The number of hydrogen-bond donors (Lipinski definition) is 1. The van der Waals surface area contributed by atoms with Crippen LogP contribution in [0.2, 0.25) is 0 Å². The van der Waals surface area contributed by atoms with Crippen molar-refractivity contribution in [3.63, 3.8) is 0 Å². The van der Waals surface area contributed by atoms with E-state index in [1.165, 1.54) is 0 Å². The van der Waals surface area contributed by atoms with E-state index in [9.17, 15) is 0 Å². The van der Waals surface area contributed by atoms with Crippen LogP contribution in [0.4, 0.5) is 0 Å². The molecule has 1 fully saturated rings. The molecular formula is C9H12N4. The van der Waals surface area contributed by atoms with E-state index in [0.717, 1.165) is 25.2 Å². The van der Waals surface area contributed by atoms with Gasteiger partial charge in [0, 0.05) is 24.4 Å². The third kappa shape index (κ3) is 1.56. The monoisotopic (exact) mass is 176 g/mol. The minimum absolute atomic E-state index is 0.421. The predicted octanol–water partition coefficient (Wildman–Crippen LogP) is 0.700. The van der Waals surface area contributed by atoms with Crippen LogP contribution >= 0.6 is 0 Å². The van der Waals surface area contributed by atoms with Crippen molar-refractivity contribution in [3.05, 3.63) is 17.7 Å². The molecule has 0 spiro atoms. The fourth-order valence-corrected chi connectivity index (χ4v) is 1.79. The van der Waals surface area contributed by atoms with Gasteiger partial charge >= 0.3 is 0 Å². The molecule has 0 saturated carbocycles. The lowest BCUT2D eigenvalue weighted by atomic mass is 10.1. The molecule has 68 valence electrons. The highest BCUT2D eigenvalue weighted by molar-refractivity contribution is 5.17. The Bertz CT molecular complexity index is 336. The van der Waals surface area contributed by atoms with Gasteiger partial charge in [0.2, 0.25) is 5.82 Å². The van der Waals surface area contributed by atoms with Crippen LogP contribution in [0.5, 0.6) is 0 Å². The summed E-state index contributed by atoms with van der Waals surface area (Å²) in [6.45, 7) is 2.19. The molecule has 0 bridgehead atoms. The second-order valence-corrected chi connectivity index (χ2v) is 3.55. The quantitative estimate of drug-likeness (QED) is 0.685. The van der Waals surface area contributed by atoms with Crippen LogP contribution in [0.15, 0.2) is 6.20 Å². The number of nitrogens with one attached hydrogen (secondary N) is 1. The van der Waals surface area contributed by atoms with Gasteiger partial charge in [-0.3, -0.25) is 0 Å². The van der Waals surface area contributed by atoms with Crippen LogP contribution < -0.4 is 0 Å². The molecule has 2 rings (SSSR count). The van der Waals surface area contributed by atoms with Gasteiger partial charge in [0.05, 0.1) is 0 Å². The average molecular weight is 176 g/mol. The number of imidazole rings is 1. The first kappa shape index (κ1) is 8.27. The summed E-state index contributed by atoms with van der Waals surface area (Å²) in [5, 5.41) is 8.59. The van der Waals surface area contributed by atoms with Crippen LogP contribution in [0.3, 0.4) is 0 Å². The van der Waals surface area contributed by atoms with Crippen LogP contribution in [-0.2, 0) is 0 Å². The van der Waals surface area contributed by atoms with Gasteiger partial charge in [0.15, 0.2) is 0 Å². The molecule has 1 aromatic heterocycles. The second-order valence-electron chi connectivity index (χ2n) is 3.55. The Morgan fingerprint density at radius 2 is 2.62 bits per heavy atom. The minimum Gasteiger partial charge on any atom is -0.333 e. The number of likely N-dealkylation sites (N-methyl/N-ethyl adjacent to an activating group) is 1. The lowest BCUT2D eigenvalue weighted by molar-refractivity contribution is 0.411. The van der Waals surface area contributed by atoms with Crippen molar-refractivity contribution in [1.29, 1.82) is 5.26 Å². The van der Waals surface area contributed by atoms with E-state index in [0.29, 0.717) is 11.7 Å². The molecule has 1 unspecified atom stereocenters. The molecule has 13 heavy (non-hydrogen) atoms. The van der Waals surface area contributed by atoms with Gasteiger partial charge in [-0.15, -0.1) is 0 Å². The summed E-state index contributed by atoms with van der Waals surface area (Å²) in [6, 6.07) is 2.00. The first-order valence-corrected chi connectivity index (χ1v) is 4.43. The van der Waals surface area contributed by atoms with E-state index in [1.54, 1.807) is 6.20 Å². The normalized spacial score (nSPS) is 23.2. The molecule has 2 heterocycles. The summed E-state index contributed by atoms with van der Waals surface area (Å²) in [4.78, 5) is 9.28. The van der Waals surface area contributed by atoms with E-state index in [-0.39, 0.29) is 0 Å². The number of nitriles is 1. The number of likely N-dealkylation sites (tertiary alicyclic amines) is 1. The molecule has 0 amide bonds. The van der Waals surface area contributed by atoms with E-state index in [2.05, 4.69) is 21.9 Å². The molecule has 4 nitrogen and oxygen atoms in total. The van der Waals surface area contributed by atoms with Gasteiger partial charge in [-0.2, -0.15) is 5.26 Å². The van der Waals surface area contributed by atoms with Gasteiger partial charge in [0.1, 0.15) is 6.07 Å². The largest absolute Gasteiger partial charge is 0.333 e. The Morgan fingerprint density at radius 3 is 3.15 bits per heavy atom. The zero-order valence-electron chi connectivity index (χ0n) is 7.62. The fourth-order valence-electron chi connectivity index (χ4n) is 1.79. The summed E-state index contributed by atoms with van der Waals surface area (Å²) in [5.41, 5.74) is 1.10. The van der Waals surface area contributed by atoms with E-state index in [1.807, 2.05) is 6.07 Å². The van der Waals surface area contributed by atoms with Crippen LogP contribution in [0.25, 0.3) is 0 Å². The highest BCUT2D eigenvalue weighted by Crippen LogP contribution is 2.24. The molecule has 1 atom stereocenters. The van der Waals surface area contributed by atoms with Crippen molar-refractivity contribution in [2.75, 3.05) is 20.1 Å². The molecule has 1 saturated heterocycles. The Labute approximate surface area is 77.2 Å². The summed E-state index contributed by atoms with van der Waals surface area (Å²) >= 11 is 0. The zero-order chi connectivity index (χ0) is 9.26. The predicted molar refractivity (Wildman–Crippen MR) is 48.2 cm³/mol. The lowest BCUT2D eigenvalue weighted by Gasteiger charge is -2.07. The molecule has 1 aliphatic rings. The summed E-state index contributed by atoms with van der Waals surface area (Å²) < 4.78 is 0. The first-order valence-electron chi connectivity index (χ1n) is 4.43. The smallest absolute Gasteiger partial charge is 0.210 e. The maximum absolute atomic E-state index is 8.59. The highest BCUT2D eigenvalue weighted by Gasteiger charge is 2.22. The number of H-pyrrole nitrogens is 1. The van der Waals surface area contributed by atoms with E-state index >= 15 is 0 Å². The van der Waals surface area contributed by atoms with Crippen molar-refractivity contribution in [3.8, 4) is 6.07 Å². The van der Waals surface area contributed by atoms with Crippen LogP contribution in [0.1, 0.15) is 23.9 Å². The minimum atomic E-state index is 0.421.